The van der Waals surface area contributed by atoms with Crippen molar-refractivity contribution in [2.75, 3.05) is 32.7 Å². The average Bonchev–Trinajstić information content (AvgIpc) is 3.20. The number of benzene rings is 1. The highest BCUT2D eigenvalue weighted by Gasteiger charge is 2.45. The predicted octanol–water partition coefficient (Wildman–Crippen LogP) is 3.78. The first kappa shape index (κ1) is 22.3. The van der Waals surface area contributed by atoms with E-state index in [2.05, 4.69) is 4.90 Å². The molecule has 1 aromatic rings. The molecule has 2 aliphatic heterocycles. The number of hydrogen-bond acceptors (Lipinski definition) is 4. The van der Waals surface area contributed by atoms with Crippen molar-refractivity contribution in [1.82, 2.24) is 9.21 Å². The van der Waals surface area contributed by atoms with E-state index in [0.717, 1.165) is 74.8 Å². The summed E-state index contributed by atoms with van der Waals surface area (Å²) in [6.45, 7) is 10.2. The molecule has 168 valence electrons. The van der Waals surface area contributed by atoms with Gasteiger partial charge in [0.25, 0.3) is 0 Å². The van der Waals surface area contributed by atoms with Crippen LogP contribution in [0.5, 0.6) is 0 Å². The predicted molar refractivity (Wildman–Crippen MR) is 120 cm³/mol. The lowest BCUT2D eigenvalue weighted by atomic mass is 9.64. The lowest BCUT2D eigenvalue weighted by molar-refractivity contribution is -0.0625. The molecule has 0 aromatic heterocycles. The molecular weight excluding hydrogens is 396 g/mol. The molecule has 6 heteroatoms. The summed E-state index contributed by atoms with van der Waals surface area (Å²) in [4.78, 5) is 2.88. The highest BCUT2D eigenvalue weighted by atomic mass is 32.2. The molecule has 1 saturated carbocycles. The second-order valence-corrected chi connectivity index (χ2v) is 12.2. The van der Waals surface area contributed by atoms with Gasteiger partial charge in [-0.15, -0.1) is 0 Å². The maximum Gasteiger partial charge on any atom is 0.243 e. The number of piperidine rings is 1. The van der Waals surface area contributed by atoms with Crippen molar-refractivity contribution in [1.29, 1.82) is 0 Å². The van der Waals surface area contributed by atoms with Gasteiger partial charge in [-0.2, -0.15) is 4.31 Å². The normalized spacial score (nSPS) is 25.1. The van der Waals surface area contributed by atoms with Gasteiger partial charge in [0.1, 0.15) is 0 Å². The Labute approximate surface area is 182 Å². The van der Waals surface area contributed by atoms with Crippen LogP contribution in [0, 0.1) is 26.2 Å². The Balaban J connectivity index is 1.39. The number of hydrogen-bond donors (Lipinski definition) is 1. The van der Waals surface area contributed by atoms with Crippen LogP contribution in [-0.2, 0) is 10.0 Å². The van der Waals surface area contributed by atoms with Gasteiger partial charge < -0.3 is 10.0 Å². The monoisotopic (exact) mass is 434 g/mol. The maximum atomic E-state index is 13.3. The second kappa shape index (κ2) is 8.19. The van der Waals surface area contributed by atoms with Crippen molar-refractivity contribution in [3.8, 4) is 0 Å². The van der Waals surface area contributed by atoms with Crippen molar-refractivity contribution in [2.45, 2.75) is 82.6 Å². The standard InChI is InChI=1S/C24H38N2O3S/c1-19-16-21(3)22(17-20(19)2)30(28,29)26-14-10-23(11-15-26)6-8-24(27,9-7-23)18-25-12-4-5-13-25/h16-17,27H,4-15,18H2,1-3H3. The van der Waals surface area contributed by atoms with Gasteiger partial charge in [0.05, 0.1) is 10.5 Å². The molecular formula is C24H38N2O3S. The number of nitrogens with zero attached hydrogens (tertiary/aromatic N) is 2. The first-order valence-electron chi connectivity index (χ1n) is 11.7. The molecule has 1 aromatic carbocycles. The van der Waals surface area contributed by atoms with Crippen molar-refractivity contribution in [2.24, 2.45) is 5.41 Å². The molecule has 0 unspecified atom stereocenters. The molecule has 3 aliphatic rings. The smallest absolute Gasteiger partial charge is 0.243 e. The minimum absolute atomic E-state index is 0.210. The summed E-state index contributed by atoms with van der Waals surface area (Å²) >= 11 is 0. The summed E-state index contributed by atoms with van der Waals surface area (Å²) in [6, 6.07) is 3.82. The van der Waals surface area contributed by atoms with E-state index < -0.39 is 15.6 Å². The minimum atomic E-state index is -3.45. The number of aliphatic hydroxyl groups is 1. The molecule has 0 amide bonds. The molecule has 5 nitrogen and oxygen atoms in total. The van der Waals surface area contributed by atoms with E-state index in [0.29, 0.717) is 18.0 Å². The zero-order valence-corrected chi connectivity index (χ0v) is 19.7. The number of likely N-dealkylation sites (tertiary alicyclic amines) is 1. The molecule has 2 heterocycles. The van der Waals surface area contributed by atoms with Crippen LogP contribution in [0.1, 0.15) is 68.1 Å². The van der Waals surface area contributed by atoms with Gasteiger partial charge in [0.15, 0.2) is 0 Å². The fourth-order valence-corrected chi connectivity index (χ4v) is 7.55. The Bertz CT molecular complexity index is 872. The zero-order valence-electron chi connectivity index (χ0n) is 18.9. The molecule has 3 fully saturated rings. The summed E-state index contributed by atoms with van der Waals surface area (Å²) in [7, 11) is -3.45. The SMILES string of the molecule is Cc1cc(C)c(S(=O)(=O)N2CCC3(CC2)CCC(O)(CN2CCCC2)CC3)cc1C. The Kier molecular flexibility index (Phi) is 6.08. The molecule has 0 radical (unpaired) electrons. The molecule has 0 atom stereocenters. The van der Waals surface area contributed by atoms with Crippen LogP contribution in [0.15, 0.2) is 17.0 Å². The third-order valence-electron chi connectivity index (χ3n) is 8.15. The van der Waals surface area contributed by atoms with E-state index in [1.807, 2.05) is 32.9 Å². The van der Waals surface area contributed by atoms with Crippen molar-refractivity contribution >= 4 is 10.0 Å². The number of aryl methyl sites for hydroxylation is 3. The Morgan fingerprint density at radius 3 is 2.00 bits per heavy atom. The summed E-state index contributed by atoms with van der Waals surface area (Å²) in [6.07, 6.45) is 8.08. The Morgan fingerprint density at radius 2 is 1.40 bits per heavy atom. The van der Waals surface area contributed by atoms with Crippen molar-refractivity contribution in [3.05, 3.63) is 28.8 Å². The van der Waals surface area contributed by atoms with E-state index >= 15 is 0 Å². The summed E-state index contributed by atoms with van der Waals surface area (Å²) in [5, 5.41) is 11.1. The van der Waals surface area contributed by atoms with Crippen molar-refractivity contribution < 1.29 is 13.5 Å². The van der Waals surface area contributed by atoms with Crippen LogP contribution < -0.4 is 0 Å². The quantitative estimate of drug-likeness (QED) is 0.783. The van der Waals surface area contributed by atoms with E-state index in [-0.39, 0.29) is 5.41 Å². The highest BCUT2D eigenvalue weighted by Crippen LogP contribution is 2.48. The van der Waals surface area contributed by atoms with E-state index in [1.54, 1.807) is 4.31 Å². The van der Waals surface area contributed by atoms with Gasteiger partial charge in [0, 0.05) is 19.6 Å². The Hall–Kier alpha value is -0.950. The molecule has 0 bridgehead atoms. The van der Waals surface area contributed by atoms with Gasteiger partial charge in [-0.25, -0.2) is 8.42 Å². The number of sulfonamides is 1. The topological polar surface area (TPSA) is 60.9 Å². The summed E-state index contributed by atoms with van der Waals surface area (Å²) in [5.41, 5.74) is 2.66. The first-order chi connectivity index (χ1) is 14.1. The highest BCUT2D eigenvalue weighted by molar-refractivity contribution is 7.89. The van der Waals surface area contributed by atoms with Crippen LogP contribution in [-0.4, -0.2) is 61.1 Å². The maximum absolute atomic E-state index is 13.3. The minimum Gasteiger partial charge on any atom is -0.389 e. The third-order valence-corrected chi connectivity index (χ3v) is 10.2. The van der Waals surface area contributed by atoms with E-state index in [9.17, 15) is 13.5 Å². The van der Waals surface area contributed by atoms with Crippen LogP contribution in [0.2, 0.25) is 0 Å². The van der Waals surface area contributed by atoms with Gasteiger partial charge >= 0.3 is 0 Å². The fourth-order valence-electron chi connectivity index (χ4n) is 5.81. The molecule has 2 saturated heterocycles. The lowest BCUT2D eigenvalue weighted by Crippen LogP contribution is -2.50. The molecule has 1 spiro atoms. The van der Waals surface area contributed by atoms with Gasteiger partial charge in [-0.1, -0.05) is 6.07 Å². The van der Waals surface area contributed by atoms with Crippen LogP contribution >= 0.6 is 0 Å². The van der Waals surface area contributed by atoms with E-state index in [1.165, 1.54) is 12.8 Å². The van der Waals surface area contributed by atoms with Gasteiger partial charge in [0.2, 0.25) is 10.0 Å². The third kappa shape index (κ3) is 4.34. The van der Waals surface area contributed by atoms with Gasteiger partial charge in [-0.05, 0) is 113 Å². The summed E-state index contributed by atoms with van der Waals surface area (Å²) < 4.78 is 28.3. The lowest BCUT2D eigenvalue weighted by Gasteiger charge is -2.48. The van der Waals surface area contributed by atoms with Crippen LogP contribution in [0.25, 0.3) is 0 Å². The van der Waals surface area contributed by atoms with Gasteiger partial charge in [-0.3, -0.25) is 0 Å². The molecule has 1 N–H and O–H groups in total. The molecule has 1 aliphatic carbocycles. The first-order valence-corrected chi connectivity index (χ1v) is 13.1. The summed E-state index contributed by atoms with van der Waals surface area (Å²) in [5.74, 6) is 0. The number of β-amino-alcohol motifs (C(OH)–C–C–N with tert-alkyl or cyclic N) is 1. The van der Waals surface area contributed by atoms with Crippen molar-refractivity contribution in [3.63, 3.8) is 0 Å². The Morgan fingerprint density at radius 1 is 0.833 bits per heavy atom. The molecule has 30 heavy (non-hydrogen) atoms. The number of rotatable bonds is 4. The fraction of sp³-hybridized carbons (Fsp3) is 0.750. The largest absolute Gasteiger partial charge is 0.389 e. The van der Waals surface area contributed by atoms with E-state index in [4.69, 9.17) is 0 Å². The second-order valence-electron chi connectivity index (χ2n) is 10.3. The van der Waals surface area contributed by atoms with Crippen LogP contribution in [0.3, 0.4) is 0 Å². The zero-order chi connectivity index (χ0) is 21.6. The van der Waals surface area contributed by atoms with Crippen LogP contribution in [0.4, 0.5) is 0 Å². The average molecular weight is 435 g/mol. The molecule has 4 rings (SSSR count).